The first-order chi connectivity index (χ1) is 14.7. The number of piperazine rings is 1. The predicted molar refractivity (Wildman–Crippen MR) is 105 cm³/mol. The van der Waals surface area contributed by atoms with Crippen molar-refractivity contribution in [1.29, 1.82) is 0 Å². The van der Waals surface area contributed by atoms with Crippen LogP contribution in [-0.2, 0) is 19.9 Å². The van der Waals surface area contributed by atoms with Crippen LogP contribution in [0.15, 0.2) is 17.2 Å². The standard InChI is InChI=1S/C16H17N7O7S/c24-8-21-1-3-22(4-2-21)16-18-5-9-12(25)10(6-17-13(9)20-16)14(26)19-11-7-23(15(11)27)31(28,29)30/h5-6,8,11H,1-4,7H2,(H,19,26)(H,28,29,30)(H,17,18,20,25). The fourth-order valence-electron chi connectivity index (χ4n) is 3.29. The number of carbonyl (C=O) groups is 3. The van der Waals surface area contributed by atoms with Gasteiger partial charge < -0.3 is 20.1 Å². The highest BCUT2D eigenvalue weighted by Crippen LogP contribution is 2.16. The van der Waals surface area contributed by atoms with E-state index < -0.39 is 40.1 Å². The number of nitrogens with one attached hydrogen (secondary N) is 2. The summed E-state index contributed by atoms with van der Waals surface area (Å²) < 4.78 is 31.0. The number of nitrogens with zero attached hydrogens (tertiary/aromatic N) is 5. The summed E-state index contributed by atoms with van der Waals surface area (Å²) >= 11 is 0. The van der Waals surface area contributed by atoms with E-state index in [1.807, 2.05) is 4.90 Å². The largest absolute Gasteiger partial charge is 0.362 e. The molecular formula is C16H17N7O7S. The number of aromatic amines is 1. The van der Waals surface area contributed by atoms with Crippen molar-refractivity contribution < 1.29 is 27.4 Å². The van der Waals surface area contributed by atoms with Crippen LogP contribution in [0.4, 0.5) is 5.95 Å². The molecule has 0 bridgehead atoms. The summed E-state index contributed by atoms with van der Waals surface area (Å²) in [5, 5.41) is 2.31. The number of rotatable bonds is 5. The average Bonchev–Trinajstić information content (AvgIpc) is 2.75. The molecule has 2 aliphatic heterocycles. The van der Waals surface area contributed by atoms with Gasteiger partial charge in [0.05, 0.1) is 11.9 Å². The molecule has 2 aromatic heterocycles. The molecule has 2 aliphatic rings. The zero-order valence-electron chi connectivity index (χ0n) is 15.9. The monoisotopic (exact) mass is 451 g/mol. The van der Waals surface area contributed by atoms with E-state index in [1.54, 1.807) is 4.90 Å². The molecule has 15 heteroatoms. The third-order valence-electron chi connectivity index (χ3n) is 5.09. The molecule has 0 radical (unpaired) electrons. The third-order valence-corrected chi connectivity index (χ3v) is 5.97. The van der Waals surface area contributed by atoms with Crippen molar-refractivity contribution in [3.05, 3.63) is 28.2 Å². The summed E-state index contributed by atoms with van der Waals surface area (Å²) in [4.78, 5) is 62.4. The molecule has 4 heterocycles. The van der Waals surface area contributed by atoms with Gasteiger partial charge in [0.15, 0.2) is 0 Å². The molecule has 0 aliphatic carbocycles. The van der Waals surface area contributed by atoms with Crippen LogP contribution >= 0.6 is 0 Å². The van der Waals surface area contributed by atoms with E-state index >= 15 is 0 Å². The minimum atomic E-state index is -4.68. The molecule has 1 atom stereocenters. The van der Waals surface area contributed by atoms with Crippen molar-refractivity contribution in [2.75, 3.05) is 37.6 Å². The van der Waals surface area contributed by atoms with Gasteiger partial charge in [0.2, 0.25) is 17.8 Å². The van der Waals surface area contributed by atoms with Crippen LogP contribution < -0.4 is 15.6 Å². The first-order valence-electron chi connectivity index (χ1n) is 9.11. The van der Waals surface area contributed by atoms with Crippen molar-refractivity contribution >= 4 is 45.5 Å². The number of β-lactam (4-membered cyclic amide) rings is 1. The van der Waals surface area contributed by atoms with Gasteiger partial charge >= 0.3 is 10.3 Å². The van der Waals surface area contributed by atoms with E-state index in [1.165, 1.54) is 6.20 Å². The molecule has 3 amide bonds. The van der Waals surface area contributed by atoms with E-state index in [2.05, 4.69) is 20.3 Å². The SMILES string of the molecule is O=CN1CCN(c2ncc3c(=O)c(C(=O)NC4CN(S(=O)(=O)O)C4=O)c[nH]c3n2)CC1. The van der Waals surface area contributed by atoms with Gasteiger partial charge in [0.1, 0.15) is 17.3 Å². The number of amides is 3. The summed E-state index contributed by atoms with van der Waals surface area (Å²) in [5.41, 5.74) is -0.759. The van der Waals surface area contributed by atoms with Crippen LogP contribution in [-0.4, -0.2) is 94.1 Å². The van der Waals surface area contributed by atoms with Crippen LogP contribution in [0, 0.1) is 0 Å². The number of fused-ring (bicyclic) bond motifs is 1. The molecule has 0 aromatic carbocycles. The molecule has 4 rings (SSSR count). The summed E-state index contributed by atoms with van der Waals surface area (Å²) in [6.07, 6.45) is 3.21. The van der Waals surface area contributed by atoms with Crippen LogP contribution in [0.1, 0.15) is 10.4 Å². The number of hydrogen-bond acceptors (Lipinski definition) is 9. The van der Waals surface area contributed by atoms with Gasteiger partial charge in [0, 0.05) is 38.6 Å². The molecule has 2 aromatic rings. The quantitative estimate of drug-likeness (QED) is 0.246. The van der Waals surface area contributed by atoms with E-state index in [9.17, 15) is 27.6 Å². The number of hydrogen-bond donors (Lipinski definition) is 3. The Bertz CT molecular complexity index is 1240. The third kappa shape index (κ3) is 3.79. The van der Waals surface area contributed by atoms with E-state index in [-0.39, 0.29) is 20.9 Å². The molecule has 31 heavy (non-hydrogen) atoms. The smallest absolute Gasteiger partial charge is 0.345 e. The van der Waals surface area contributed by atoms with Crippen molar-refractivity contribution in [2.45, 2.75) is 6.04 Å². The fraction of sp³-hybridized carbons (Fsp3) is 0.375. The minimum Gasteiger partial charge on any atom is -0.345 e. The molecule has 2 fully saturated rings. The van der Waals surface area contributed by atoms with Gasteiger partial charge in [-0.2, -0.15) is 13.4 Å². The second kappa shape index (κ2) is 7.59. The average molecular weight is 451 g/mol. The topological polar surface area (TPSA) is 186 Å². The van der Waals surface area contributed by atoms with Crippen molar-refractivity contribution in [3.8, 4) is 0 Å². The highest BCUT2D eigenvalue weighted by Gasteiger charge is 2.44. The molecule has 0 spiro atoms. The Hall–Kier alpha value is -3.59. The van der Waals surface area contributed by atoms with E-state index in [0.717, 1.165) is 12.6 Å². The number of aromatic nitrogens is 3. The van der Waals surface area contributed by atoms with Gasteiger partial charge in [0.25, 0.3) is 11.8 Å². The van der Waals surface area contributed by atoms with Crippen LogP contribution in [0.2, 0.25) is 0 Å². The summed E-state index contributed by atoms with van der Waals surface area (Å²) in [7, 11) is -4.68. The Balaban J connectivity index is 1.51. The number of anilines is 1. The molecular weight excluding hydrogens is 434 g/mol. The van der Waals surface area contributed by atoms with E-state index in [0.29, 0.717) is 32.1 Å². The normalized spacial score (nSPS) is 19.3. The van der Waals surface area contributed by atoms with Gasteiger partial charge in [-0.05, 0) is 0 Å². The van der Waals surface area contributed by atoms with Crippen molar-refractivity contribution in [3.63, 3.8) is 0 Å². The maximum atomic E-state index is 12.7. The number of H-pyrrole nitrogens is 1. The highest BCUT2D eigenvalue weighted by molar-refractivity contribution is 7.84. The lowest BCUT2D eigenvalue weighted by Gasteiger charge is -2.35. The molecule has 14 nitrogen and oxygen atoms in total. The molecule has 3 N–H and O–H groups in total. The highest BCUT2D eigenvalue weighted by atomic mass is 32.2. The fourth-order valence-corrected chi connectivity index (χ4v) is 3.99. The first-order valence-corrected chi connectivity index (χ1v) is 10.5. The second-order valence-corrected chi connectivity index (χ2v) is 8.30. The lowest BCUT2D eigenvalue weighted by atomic mass is 10.1. The Morgan fingerprint density at radius 2 is 1.97 bits per heavy atom. The summed E-state index contributed by atoms with van der Waals surface area (Å²) in [6.45, 7) is 1.68. The summed E-state index contributed by atoms with van der Waals surface area (Å²) in [6, 6.07) is -1.17. The van der Waals surface area contributed by atoms with Crippen LogP contribution in [0.5, 0.6) is 0 Å². The predicted octanol–water partition coefficient (Wildman–Crippen LogP) is -2.66. The van der Waals surface area contributed by atoms with Gasteiger partial charge in [-0.15, -0.1) is 0 Å². The van der Waals surface area contributed by atoms with Gasteiger partial charge in [-0.3, -0.25) is 23.7 Å². The van der Waals surface area contributed by atoms with Crippen LogP contribution in [0.3, 0.4) is 0 Å². The van der Waals surface area contributed by atoms with Crippen molar-refractivity contribution in [1.82, 2.24) is 29.5 Å². The number of carbonyl (C=O) groups excluding carboxylic acids is 3. The molecule has 164 valence electrons. The lowest BCUT2D eigenvalue weighted by Crippen LogP contribution is -2.65. The molecule has 1 unspecified atom stereocenters. The zero-order valence-corrected chi connectivity index (χ0v) is 16.7. The second-order valence-electron chi connectivity index (χ2n) is 6.97. The maximum absolute atomic E-state index is 12.7. The lowest BCUT2D eigenvalue weighted by molar-refractivity contribution is -0.136. The first kappa shape index (κ1) is 20.7. The van der Waals surface area contributed by atoms with Crippen LogP contribution in [0.25, 0.3) is 11.0 Å². The van der Waals surface area contributed by atoms with E-state index in [4.69, 9.17) is 4.55 Å². The molecule has 2 saturated heterocycles. The summed E-state index contributed by atoms with van der Waals surface area (Å²) in [5.74, 6) is -1.52. The van der Waals surface area contributed by atoms with Crippen molar-refractivity contribution in [2.24, 2.45) is 0 Å². The van der Waals surface area contributed by atoms with Gasteiger partial charge in [-0.1, -0.05) is 0 Å². The zero-order chi connectivity index (χ0) is 22.3. The molecule has 0 saturated carbocycles. The maximum Gasteiger partial charge on any atom is 0.362 e. The Morgan fingerprint density at radius 3 is 2.58 bits per heavy atom. The minimum absolute atomic E-state index is 0.0578. The Labute approximate surface area is 174 Å². The number of pyridine rings is 1. The Kier molecular flexibility index (Phi) is 5.06. The van der Waals surface area contributed by atoms with Gasteiger partial charge in [-0.25, -0.2) is 9.29 Å². The Morgan fingerprint density at radius 1 is 1.26 bits per heavy atom.